The van der Waals surface area contributed by atoms with E-state index in [1.54, 1.807) is 0 Å². The van der Waals surface area contributed by atoms with Gasteiger partial charge in [0.1, 0.15) is 5.56 Å². The number of piperidine rings is 1. The highest BCUT2D eigenvalue weighted by molar-refractivity contribution is 5.94. The van der Waals surface area contributed by atoms with Crippen LogP contribution in [0.3, 0.4) is 0 Å². The summed E-state index contributed by atoms with van der Waals surface area (Å²) in [5.74, 6) is -0.881. The summed E-state index contributed by atoms with van der Waals surface area (Å²) in [6.45, 7) is 3.87. The lowest BCUT2D eigenvalue weighted by atomic mass is 9.77. The monoisotopic (exact) mass is 274 g/mol. The van der Waals surface area contributed by atoms with Crippen LogP contribution in [0.15, 0.2) is 12.3 Å². The van der Waals surface area contributed by atoms with Gasteiger partial charge in [-0.15, -0.1) is 0 Å². The SMILES string of the molecule is Cc1cc(N2CCC3(CCCC3)CC2)c(C(=O)O)cn1. The standard InChI is InChI=1S/C16H22N2O2/c1-12-10-14(13(11-17-12)15(19)20)18-8-6-16(7-9-18)4-2-3-5-16/h10-11H,2-9H2,1H3,(H,19,20). The summed E-state index contributed by atoms with van der Waals surface area (Å²) in [6.07, 6.45) is 9.36. The third-order valence-corrected chi connectivity index (χ3v) is 5.08. The molecule has 1 spiro atoms. The molecular formula is C16H22N2O2. The first-order valence-electron chi connectivity index (χ1n) is 7.55. The van der Waals surface area contributed by atoms with E-state index in [4.69, 9.17) is 0 Å². The van der Waals surface area contributed by atoms with Crippen LogP contribution in [-0.4, -0.2) is 29.1 Å². The molecule has 1 saturated carbocycles. The second-order valence-corrected chi connectivity index (χ2v) is 6.34. The maximum Gasteiger partial charge on any atom is 0.339 e. The minimum absolute atomic E-state index is 0.331. The second kappa shape index (κ2) is 5.08. The van der Waals surface area contributed by atoms with Crippen LogP contribution in [-0.2, 0) is 0 Å². The van der Waals surface area contributed by atoms with Gasteiger partial charge >= 0.3 is 5.97 Å². The summed E-state index contributed by atoms with van der Waals surface area (Å²) in [6, 6.07) is 1.91. The fourth-order valence-electron chi connectivity index (χ4n) is 3.82. The lowest BCUT2D eigenvalue weighted by Crippen LogP contribution is -2.39. The highest BCUT2D eigenvalue weighted by Crippen LogP contribution is 2.46. The molecule has 2 heterocycles. The first-order valence-corrected chi connectivity index (χ1v) is 7.55. The van der Waals surface area contributed by atoms with Crippen LogP contribution in [0.25, 0.3) is 0 Å². The van der Waals surface area contributed by atoms with Crippen LogP contribution < -0.4 is 4.90 Å². The Labute approximate surface area is 119 Å². The van der Waals surface area contributed by atoms with Gasteiger partial charge in [-0.3, -0.25) is 4.98 Å². The van der Waals surface area contributed by atoms with Gasteiger partial charge in [0.05, 0.1) is 5.69 Å². The largest absolute Gasteiger partial charge is 0.478 e. The number of nitrogens with zero attached hydrogens (tertiary/aromatic N) is 2. The summed E-state index contributed by atoms with van der Waals surface area (Å²) >= 11 is 0. The number of anilines is 1. The van der Waals surface area contributed by atoms with Crippen molar-refractivity contribution in [1.82, 2.24) is 4.98 Å². The number of aromatic nitrogens is 1. The molecule has 0 amide bonds. The van der Waals surface area contributed by atoms with Crippen LogP contribution >= 0.6 is 0 Å². The van der Waals surface area contributed by atoms with Crippen LogP contribution in [0.2, 0.25) is 0 Å². The minimum atomic E-state index is -0.881. The van der Waals surface area contributed by atoms with E-state index in [2.05, 4.69) is 9.88 Å². The summed E-state index contributed by atoms with van der Waals surface area (Å²) in [5, 5.41) is 9.33. The van der Waals surface area contributed by atoms with E-state index in [0.717, 1.165) is 24.5 Å². The molecule has 2 fully saturated rings. The van der Waals surface area contributed by atoms with Crippen molar-refractivity contribution in [3.05, 3.63) is 23.5 Å². The van der Waals surface area contributed by atoms with Crippen molar-refractivity contribution in [2.75, 3.05) is 18.0 Å². The van der Waals surface area contributed by atoms with E-state index in [-0.39, 0.29) is 0 Å². The fourth-order valence-corrected chi connectivity index (χ4v) is 3.82. The zero-order valence-electron chi connectivity index (χ0n) is 12.1. The highest BCUT2D eigenvalue weighted by atomic mass is 16.4. The minimum Gasteiger partial charge on any atom is -0.478 e. The van der Waals surface area contributed by atoms with Gasteiger partial charge in [-0.2, -0.15) is 0 Å². The topological polar surface area (TPSA) is 53.4 Å². The summed E-state index contributed by atoms with van der Waals surface area (Å²) in [7, 11) is 0. The van der Waals surface area contributed by atoms with E-state index in [0.29, 0.717) is 11.0 Å². The molecule has 0 aromatic carbocycles. The zero-order valence-corrected chi connectivity index (χ0v) is 12.1. The Morgan fingerprint density at radius 3 is 2.50 bits per heavy atom. The van der Waals surface area contributed by atoms with Crippen LogP contribution in [0.1, 0.15) is 54.6 Å². The number of aryl methyl sites for hydroxylation is 1. The molecule has 1 aliphatic carbocycles. The lowest BCUT2D eigenvalue weighted by molar-refractivity contribution is 0.0697. The van der Waals surface area contributed by atoms with Crippen LogP contribution in [0.4, 0.5) is 5.69 Å². The molecule has 1 aromatic heterocycles. The number of rotatable bonds is 2. The van der Waals surface area contributed by atoms with Gasteiger partial charge in [-0.05, 0) is 44.1 Å². The normalized spacial score (nSPS) is 21.4. The molecule has 0 unspecified atom stereocenters. The van der Waals surface area contributed by atoms with Gasteiger partial charge in [-0.1, -0.05) is 12.8 Å². The van der Waals surface area contributed by atoms with Crippen molar-refractivity contribution in [3.8, 4) is 0 Å². The Balaban J connectivity index is 1.80. The average molecular weight is 274 g/mol. The zero-order chi connectivity index (χ0) is 14.2. The molecule has 1 aliphatic heterocycles. The number of hydrogen-bond donors (Lipinski definition) is 1. The number of aromatic carboxylic acids is 1. The Morgan fingerprint density at radius 1 is 1.25 bits per heavy atom. The van der Waals surface area contributed by atoms with Crippen molar-refractivity contribution in [2.45, 2.75) is 45.4 Å². The smallest absolute Gasteiger partial charge is 0.339 e. The number of hydrogen-bond acceptors (Lipinski definition) is 3. The Bertz CT molecular complexity index is 511. The molecule has 1 saturated heterocycles. The Hall–Kier alpha value is -1.58. The van der Waals surface area contributed by atoms with E-state index in [9.17, 15) is 9.90 Å². The summed E-state index contributed by atoms with van der Waals surface area (Å²) < 4.78 is 0. The maximum absolute atomic E-state index is 11.4. The number of carbonyl (C=O) groups is 1. The highest BCUT2D eigenvalue weighted by Gasteiger charge is 2.37. The van der Waals surface area contributed by atoms with Gasteiger partial charge in [-0.25, -0.2) is 4.79 Å². The van der Waals surface area contributed by atoms with E-state index < -0.39 is 5.97 Å². The van der Waals surface area contributed by atoms with Crippen molar-refractivity contribution in [1.29, 1.82) is 0 Å². The first kappa shape index (κ1) is 13.4. The molecule has 0 bridgehead atoms. The Morgan fingerprint density at radius 2 is 1.90 bits per heavy atom. The number of pyridine rings is 1. The molecule has 3 rings (SSSR count). The van der Waals surface area contributed by atoms with Crippen LogP contribution in [0.5, 0.6) is 0 Å². The van der Waals surface area contributed by atoms with Gasteiger partial charge in [0.25, 0.3) is 0 Å². The van der Waals surface area contributed by atoms with E-state index in [1.807, 2.05) is 13.0 Å². The van der Waals surface area contributed by atoms with Gasteiger partial charge in [0.2, 0.25) is 0 Å². The number of carboxylic acid groups (broad SMARTS) is 1. The molecular weight excluding hydrogens is 252 g/mol. The molecule has 1 aromatic rings. The van der Waals surface area contributed by atoms with Crippen molar-refractivity contribution in [2.24, 2.45) is 5.41 Å². The Kier molecular flexibility index (Phi) is 3.40. The van der Waals surface area contributed by atoms with Crippen molar-refractivity contribution < 1.29 is 9.90 Å². The maximum atomic E-state index is 11.4. The summed E-state index contributed by atoms with van der Waals surface area (Å²) in [5.41, 5.74) is 2.61. The van der Waals surface area contributed by atoms with Crippen LogP contribution in [0, 0.1) is 12.3 Å². The van der Waals surface area contributed by atoms with E-state index >= 15 is 0 Å². The van der Waals surface area contributed by atoms with Crippen molar-refractivity contribution in [3.63, 3.8) is 0 Å². The fraction of sp³-hybridized carbons (Fsp3) is 0.625. The molecule has 108 valence electrons. The molecule has 1 N–H and O–H groups in total. The molecule has 4 heteroatoms. The molecule has 0 radical (unpaired) electrons. The van der Waals surface area contributed by atoms with Gasteiger partial charge in [0.15, 0.2) is 0 Å². The van der Waals surface area contributed by atoms with Crippen molar-refractivity contribution >= 4 is 11.7 Å². The summed E-state index contributed by atoms with van der Waals surface area (Å²) in [4.78, 5) is 17.7. The molecule has 20 heavy (non-hydrogen) atoms. The third-order valence-electron chi connectivity index (χ3n) is 5.08. The second-order valence-electron chi connectivity index (χ2n) is 6.34. The third kappa shape index (κ3) is 2.39. The molecule has 0 atom stereocenters. The van der Waals surface area contributed by atoms with Gasteiger partial charge in [0, 0.05) is 25.0 Å². The lowest BCUT2D eigenvalue weighted by Gasteiger charge is -2.40. The van der Waals surface area contributed by atoms with Gasteiger partial charge < -0.3 is 10.0 Å². The predicted octanol–water partition coefficient (Wildman–Crippen LogP) is 3.25. The quantitative estimate of drug-likeness (QED) is 0.899. The molecule has 2 aliphatic rings. The first-order chi connectivity index (χ1) is 9.60. The van der Waals surface area contributed by atoms with E-state index in [1.165, 1.54) is 44.7 Å². The molecule has 4 nitrogen and oxygen atoms in total. The number of carboxylic acids is 1. The predicted molar refractivity (Wildman–Crippen MR) is 78.3 cm³/mol. The average Bonchev–Trinajstić information content (AvgIpc) is 2.87.